The van der Waals surface area contributed by atoms with Gasteiger partial charge < -0.3 is 67.0 Å². The van der Waals surface area contributed by atoms with Crippen LogP contribution in [0.5, 0.6) is 0 Å². The van der Waals surface area contributed by atoms with E-state index in [4.69, 9.17) is 9.40 Å². The summed E-state index contributed by atoms with van der Waals surface area (Å²) in [6.45, 7) is 29.8. The minimum atomic E-state index is -0.444. The van der Waals surface area contributed by atoms with Gasteiger partial charge in [0.1, 0.15) is 39.6 Å². The zero-order valence-corrected chi connectivity index (χ0v) is 82.4. The lowest BCUT2D eigenvalue weighted by Crippen LogP contribution is -2.50. The van der Waals surface area contributed by atoms with Crippen LogP contribution in [-0.4, -0.2) is 255 Å². The molecule has 26 heterocycles. The first-order chi connectivity index (χ1) is 71.1. The van der Waals surface area contributed by atoms with Gasteiger partial charge in [0.2, 0.25) is 0 Å². The molecular formula is C108H107F4N29O6. The summed E-state index contributed by atoms with van der Waals surface area (Å²) in [5, 5.41) is 6.71. The Morgan fingerprint density at radius 2 is 0.728 bits per heavy atom. The van der Waals surface area contributed by atoms with Crippen molar-refractivity contribution in [1.29, 1.82) is 0 Å². The monoisotopic (exact) mass is 1980 g/mol. The highest BCUT2D eigenvalue weighted by Gasteiger charge is 2.39. The Labute approximate surface area is 837 Å². The second-order valence-corrected chi connectivity index (χ2v) is 39.4. The van der Waals surface area contributed by atoms with Gasteiger partial charge >= 0.3 is 0 Å². The van der Waals surface area contributed by atoms with Gasteiger partial charge in [-0.15, -0.1) is 0 Å². The van der Waals surface area contributed by atoms with Crippen molar-refractivity contribution < 1.29 is 22.0 Å². The van der Waals surface area contributed by atoms with Gasteiger partial charge in [-0.2, -0.15) is 0 Å². The van der Waals surface area contributed by atoms with E-state index in [1.807, 2.05) is 132 Å². The Bertz CT molecular complexity index is 8900. The highest BCUT2D eigenvalue weighted by atomic mass is 19.1. The highest BCUT2D eigenvalue weighted by molar-refractivity contribution is 5.80. The van der Waals surface area contributed by atoms with Crippen molar-refractivity contribution >= 4 is 90.5 Å². The molecule has 7 fully saturated rings. The van der Waals surface area contributed by atoms with Crippen LogP contribution in [0.4, 0.5) is 46.1 Å². The van der Waals surface area contributed by atoms with Gasteiger partial charge in [-0.05, 0) is 177 Å². The van der Waals surface area contributed by atoms with Crippen molar-refractivity contribution in [3.8, 4) is 56.2 Å². The minimum absolute atomic E-state index is 0.0789. The number of fused-ring (bicyclic) bond motifs is 12. The molecule has 2 N–H and O–H groups in total. The van der Waals surface area contributed by atoms with Gasteiger partial charge in [0, 0.05) is 281 Å². The fraction of sp³-hybridized carbons (Fsp3) is 0.306. The number of hydrogen-bond donors (Lipinski definition) is 2. The molecule has 39 heteroatoms. The van der Waals surface area contributed by atoms with Crippen LogP contribution in [0, 0.1) is 69.7 Å². The van der Waals surface area contributed by atoms with Crippen LogP contribution in [0.25, 0.3) is 118 Å². The van der Waals surface area contributed by atoms with Crippen LogP contribution >= 0.6 is 0 Å². The van der Waals surface area contributed by atoms with Crippen molar-refractivity contribution in [2.75, 3.05) is 163 Å². The normalized spacial score (nSPS) is 17.8. The van der Waals surface area contributed by atoms with Gasteiger partial charge in [-0.1, -0.05) is 6.07 Å². The summed E-state index contributed by atoms with van der Waals surface area (Å²) in [4.78, 5) is 127. The van der Waals surface area contributed by atoms with Crippen LogP contribution in [0.2, 0.25) is 0 Å². The number of nitrogens with zero attached hydrogens (tertiary/aromatic N) is 27. The summed E-state index contributed by atoms with van der Waals surface area (Å²) >= 11 is 0. The molecule has 7 saturated heterocycles. The fourth-order valence-corrected chi connectivity index (χ4v) is 21.4. The molecule has 147 heavy (non-hydrogen) atoms. The second-order valence-electron chi connectivity index (χ2n) is 39.4. The molecule has 1 aromatic carbocycles. The molecule has 0 aliphatic carbocycles. The minimum Gasteiger partial charge on any atom is -0.441 e. The molecule has 7 aliphatic rings. The molecule has 27 rings (SSSR count). The lowest BCUT2D eigenvalue weighted by Gasteiger charge is -2.38. The van der Waals surface area contributed by atoms with Crippen LogP contribution in [-0.2, 0) is 0 Å². The number of aromatic nitrogens is 19. The number of likely N-dealkylation sites (tertiary alicyclic amines) is 1. The molecule has 7 aliphatic heterocycles. The number of nitrogens with one attached hydrogen (secondary N) is 2. The molecular weight excluding hydrogens is 1880 g/mol. The zero-order chi connectivity index (χ0) is 101. The van der Waals surface area contributed by atoms with Crippen LogP contribution in [0.15, 0.2) is 242 Å². The molecule has 35 nitrogen and oxygen atoms in total. The molecule has 20 aromatic rings. The van der Waals surface area contributed by atoms with Crippen molar-refractivity contribution in [1.82, 2.24) is 115 Å². The zero-order valence-electron chi connectivity index (χ0n) is 82.4. The van der Waals surface area contributed by atoms with Gasteiger partial charge in [0.25, 0.3) is 27.8 Å². The van der Waals surface area contributed by atoms with E-state index in [2.05, 4.69) is 122 Å². The van der Waals surface area contributed by atoms with Crippen molar-refractivity contribution in [2.24, 2.45) is 11.8 Å². The molecule has 19 aromatic heterocycles. The maximum atomic E-state index is 14.5. The number of piperazine rings is 4. The van der Waals surface area contributed by atoms with Crippen molar-refractivity contribution in [2.45, 2.75) is 66.5 Å². The molecule has 4 atom stereocenters. The number of anilines is 5. The number of rotatable bonds is 10. The third-order valence-electron chi connectivity index (χ3n) is 28.8. The third-order valence-corrected chi connectivity index (χ3v) is 28.8. The number of oxazole rings is 1. The Morgan fingerprint density at radius 1 is 0.327 bits per heavy atom. The molecule has 0 spiro atoms. The average molecular weight is 1980 g/mol. The van der Waals surface area contributed by atoms with Crippen LogP contribution in [0.3, 0.4) is 0 Å². The molecule has 0 unspecified atom stereocenters. The predicted molar refractivity (Wildman–Crippen MR) is 559 cm³/mol. The van der Waals surface area contributed by atoms with E-state index < -0.39 is 23.3 Å². The van der Waals surface area contributed by atoms with E-state index in [0.29, 0.717) is 108 Å². The van der Waals surface area contributed by atoms with E-state index >= 15 is 0 Å². The topological polar surface area (TPSA) is 317 Å². The Hall–Kier alpha value is -16.2. The largest absolute Gasteiger partial charge is 0.441 e. The van der Waals surface area contributed by atoms with Gasteiger partial charge in [-0.25, -0.2) is 67.4 Å². The Balaban J connectivity index is 0.000000101. The van der Waals surface area contributed by atoms with Gasteiger partial charge in [-0.3, -0.25) is 50.9 Å². The van der Waals surface area contributed by atoms with E-state index in [0.717, 1.165) is 192 Å². The molecule has 0 radical (unpaired) electrons. The first-order valence-corrected chi connectivity index (χ1v) is 49.6. The van der Waals surface area contributed by atoms with Crippen LogP contribution < -0.4 is 62.9 Å². The predicted octanol–water partition coefficient (Wildman–Crippen LogP) is 11.9. The molecule has 0 bridgehead atoms. The Kier molecular flexibility index (Phi) is 24.8. The number of likely N-dealkylation sites (N-methyl/N-ethyl adjacent to an activating group) is 1. The summed E-state index contributed by atoms with van der Waals surface area (Å²) < 4.78 is 77.8. The fourth-order valence-electron chi connectivity index (χ4n) is 21.4. The average Bonchev–Trinajstić information content (AvgIpc) is 1.51. The number of hydrogen-bond acceptors (Lipinski definition) is 26. The highest BCUT2D eigenvalue weighted by Crippen LogP contribution is 2.36. The summed E-state index contributed by atoms with van der Waals surface area (Å²) in [6, 6.07) is 39.0. The maximum absolute atomic E-state index is 14.5. The number of benzene rings is 1. The lowest BCUT2D eigenvalue weighted by atomic mass is 10.0. The number of halogens is 4. The molecule has 0 saturated carbocycles. The standard InChI is InChI=1S/C23H23FN6O.C23H23N5O2.2C21H21FN6O.C20H19FN6O/c1-15-11-29-12-16(9-19(24)23(29)25-15)20-10-22(31)30-14-18(4-5-21(30)26-20)28-8-7-27-6-2-3-17(27)13-28;1-14-24-19-5-3-15(7-21(19)30-14)20-8-23(29)28-13-18(4-6-22(28)25-20)27-11-16-9-26(2)10-17(16)12-27;1-14-11-27-12-15(9-17(22)21(27)23-14)18-10-20(29)28-13-16(3-4-19(28)24-18)26-7-5-25(2)6-8-26;1-13-9-26(6-5-23-13)16-3-4-19-25-18(8-20(29)28(19)12-16)15-7-17(22)21-24-14(2)10-27(21)11-15;1-13-10-26-11-15(8-16(21)20(26)23-13)14-2-3-17-24-18(9-19(28)27(17)12-14)25-6-4-22-5-7-25/h4-5,9-12,14,17H,2-3,6-8,13H2,1H3;3-8,13,16-17H,9-12H2,1-2H3;3-4,9-13H,5-8H2,1-2H3;3-4,7-8,10-13,23H,5-6,9H2,1-2H3;2-3,8-12,22H,4-7H2,1H3/t17-;16-,17+;;13-;/m0..1./s1. The SMILES string of the molecule is Cc1cn2cc(-c3cc(=O)n4cc(N5CCN(C)CC5)ccc4n3)cc(F)c2n1.Cc1cn2cc(-c3cc(=O)n4cc(N5CCN6CCC[C@H]6C5)ccc4n3)cc(F)c2n1.Cc1cn2cc(-c3cc(=O)n4cc(N5CCN[C@H](C)C5)ccc4n3)cc(F)c2n1.Cc1cn2cc(-c3ccc4nc(N5CCNCC5)cc(=O)n4c3)cc(F)c2n1.Cc1nc2ccc(-c3cc(=O)n4cc(N5C[C@H]6CN(C)C[C@H]6C5)ccc4n3)cc2o1. The van der Waals surface area contributed by atoms with E-state index in [1.165, 1.54) is 66.3 Å². The summed E-state index contributed by atoms with van der Waals surface area (Å²) in [5.41, 5.74) is 17.5. The first-order valence-electron chi connectivity index (χ1n) is 49.6. The third kappa shape index (κ3) is 19.1. The van der Waals surface area contributed by atoms with Crippen molar-refractivity contribution in [3.05, 3.63) is 318 Å². The summed E-state index contributed by atoms with van der Waals surface area (Å²) in [7, 11) is 4.31. The second kappa shape index (κ2) is 38.7. The van der Waals surface area contributed by atoms with E-state index in [9.17, 15) is 41.5 Å². The van der Waals surface area contributed by atoms with E-state index in [1.54, 1.807) is 103 Å². The van der Waals surface area contributed by atoms with Gasteiger partial charge in [0.15, 0.2) is 57.3 Å². The number of pyridine rings is 9. The summed E-state index contributed by atoms with van der Waals surface area (Å²) in [5.74, 6) is 1.04. The maximum Gasteiger partial charge on any atom is 0.259 e. The summed E-state index contributed by atoms with van der Waals surface area (Å²) in [6.07, 6.45) is 25.8. The number of imidazole rings is 4. The number of aryl methyl sites for hydroxylation is 5. The van der Waals surface area contributed by atoms with Crippen LogP contribution in [0.1, 0.15) is 48.4 Å². The quantitative estimate of drug-likeness (QED) is 0.120. The molecule has 0 amide bonds. The van der Waals surface area contributed by atoms with Gasteiger partial charge in [0.05, 0.1) is 68.3 Å². The van der Waals surface area contributed by atoms with Crippen molar-refractivity contribution in [3.63, 3.8) is 0 Å². The Morgan fingerprint density at radius 3 is 1.21 bits per heavy atom. The molecule has 748 valence electrons. The van der Waals surface area contributed by atoms with E-state index in [-0.39, 0.29) is 44.7 Å². The lowest BCUT2D eigenvalue weighted by molar-refractivity contribution is 0.231. The smallest absolute Gasteiger partial charge is 0.259 e. The first kappa shape index (κ1) is 94.4.